The van der Waals surface area contributed by atoms with Gasteiger partial charge in [-0.05, 0) is 30.2 Å². The largest absolute Gasteiger partial charge is 0.395 e. The first-order chi connectivity index (χ1) is 8.99. The highest BCUT2D eigenvalue weighted by Crippen LogP contribution is 2.22. The Morgan fingerprint density at radius 1 is 1.32 bits per heavy atom. The van der Waals surface area contributed by atoms with Crippen molar-refractivity contribution in [1.82, 2.24) is 4.90 Å². The molecular formula is C13H19ClN2O3. The Balaban J connectivity index is 2.98. The Kier molecular flexibility index (Phi) is 6.24. The van der Waals surface area contributed by atoms with Crippen LogP contribution < -0.4 is 5.73 Å². The average molecular weight is 287 g/mol. The average Bonchev–Trinajstić information content (AvgIpc) is 2.32. The molecule has 1 amide bonds. The van der Waals surface area contributed by atoms with Crippen molar-refractivity contribution >= 4 is 17.5 Å². The number of hydrogen-bond donors (Lipinski definition) is 3. The summed E-state index contributed by atoms with van der Waals surface area (Å²) in [7, 11) is 0. The zero-order chi connectivity index (χ0) is 14.4. The van der Waals surface area contributed by atoms with Crippen LogP contribution in [-0.2, 0) is 6.54 Å². The van der Waals surface area contributed by atoms with Crippen LogP contribution in [0.15, 0.2) is 12.1 Å². The number of halogens is 1. The molecular weight excluding hydrogens is 268 g/mol. The van der Waals surface area contributed by atoms with Crippen molar-refractivity contribution in [3.8, 4) is 0 Å². The van der Waals surface area contributed by atoms with Gasteiger partial charge in [-0.15, -0.1) is 0 Å². The maximum absolute atomic E-state index is 11.3. The number of carbonyl (C=O) groups is 1. The van der Waals surface area contributed by atoms with E-state index in [1.165, 1.54) is 0 Å². The summed E-state index contributed by atoms with van der Waals surface area (Å²) >= 11 is 6.15. The molecule has 0 fully saturated rings. The van der Waals surface area contributed by atoms with E-state index in [-0.39, 0.29) is 13.2 Å². The van der Waals surface area contributed by atoms with Crippen molar-refractivity contribution in [2.24, 2.45) is 5.73 Å². The fraction of sp³-hybridized carbons (Fsp3) is 0.462. The number of amides is 1. The first-order valence-electron chi connectivity index (χ1n) is 6.02. The van der Waals surface area contributed by atoms with Gasteiger partial charge in [0.2, 0.25) is 5.91 Å². The number of carbonyl (C=O) groups excluding carboxylic acids is 1. The van der Waals surface area contributed by atoms with E-state index in [2.05, 4.69) is 0 Å². The summed E-state index contributed by atoms with van der Waals surface area (Å²) in [5, 5.41) is 18.5. The predicted octanol–water partition coefficient (Wildman–Crippen LogP) is 0.534. The topological polar surface area (TPSA) is 86.8 Å². The van der Waals surface area contributed by atoms with Crippen molar-refractivity contribution in [1.29, 1.82) is 0 Å². The van der Waals surface area contributed by atoms with Gasteiger partial charge in [-0.1, -0.05) is 11.6 Å². The van der Waals surface area contributed by atoms with E-state index in [0.29, 0.717) is 30.2 Å². The normalized spacial score (nSPS) is 11.0. The van der Waals surface area contributed by atoms with Crippen molar-refractivity contribution < 1.29 is 15.0 Å². The van der Waals surface area contributed by atoms with Crippen molar-refractivity contribution in [2.45, 2.75) is 13.5 Å². The van der Waals surface area contributed by atoms with Gasteiger partial charge in [0.15, 0.2) is 0 Å². The molecule has 0 unspecified atom stereocenters. The minimum absolute atomic E-state index is 0.00778. The lowest BCUT2D eigenvalue weighted by Crippen LogP contribution is -2.29. The number of aliphatic hydroxyl groups excluding tert-OH is 2. The van der Waals surface area contributed by atoms with Crippen LogP contribution in [0.4, 0.5) is 0 Å². The third kappa shape index (κ3) is 4.47. The number of nitrogens with two attached hydrogens (primary N) is 1. The van der Waals surface area contributed by atoms with Gasteiger partial charge in [0, 0.05) is 30.2 Å². The Hall–Kier alpha value is -1.14. The van der Waals surface area contributed by atoms with Crippen molar-refractivity contribution in [2.75, 3.05) is 26.3 Å². The van der Waals surface area contributed by atoms with Gasteiger partial charge in [0.25, 0.3) is 0 Å². The second-order valence-corrected chi connectivity index (χ2v) is 4.75. The molecule has 0 heterocycles. The molecule has 0 spiro atoms. The molecule has 1 aromatic rings. The van der Waals surface area contributed by atoms with Crippen LogP contribution in [0.2, 0.25) is 5.02 Å². The van der Waals surface area contributed by atoms with Gasteiger partial charge in [0.05, 0.1) is 13.2 Å². The minimum atomic E-state index is -0.494. The number of primary amides is 1. The van der Waals surface area contributed by atoms with E-state index in [1.54, 1.807) is 19.1 Å². The van der Waals surface area contributed by atoms with Crippen LogP contribution >= 0.6 is 11.6 Å². The fourth-order valence-corrected chi connectivity index (χ4v) is 2.18. The molecule has 0 aliphatic rings. The van der Waals surface area contributed by atoms with Crippen LogP contribution in [0.5, 0.6) is 0 Å². The minimum Gasteiger partial charge on any atom is -0.395 e. The smallest absolute Gasteiger partial charge is 0.248 e. The molecule has 0 aliphatic heterocycles. The SMILES string of the molecule is Cc1cc(Cl)c(CN(CCO)CCO)cc1C(N)=O. The maximum Gasteiger partial charge on any atom is 0.248 e. The second-order valence-electron chi connectivity index (χ2n) is 4.35. The second kappa shape index (κ2) is 7.45. The van der Waals surface area contributed by atoms with Gasteiger partial charge in [-0.3, -0.25) is 9.69 Å². The number of hydrogen-bond acceptors (Lipinski definition) is 4. The third-order valence-electron chi connectivity index (χ3n) is 2.89. The molecule has 0 aromatic heterocycles. The number of benzene rings is 1. The molecule has 0 bridgehead atoms. The summed E-state index contributed by atoms with van der Waals surface area (Å²) in [6.45, 7) is 3.06. The summed E-state index contributed by atoms with van der Waals surface area (Å²) < 4.78 is 0. The third-order valence-corrected chi connectivity index (χ3v) is 3.24. The standard InChI is InChI=1S/C13H19ClN2O3/c1-9-6-12(14)10(7-11(9)13(15)19)8-16(2-4-17)3-5-18/h6-7,17-18H,2-5,8H2,1H3,(H2,15,19). The lowest BCUT2D eigenvalue weighted by molar-refractivity contribution is 0.0999. The van der Waals surface area contributed by atoms with E-state index in [1.807, 2.05) is 4.90 Å². The van der Waals surface area contributed by atoms with Crippen molar-refractivity contribution in [3.05, 3.63) is 33.8 Å². The van der Waals surface area contributed by atoms with Gasteiger partial charge in [0.1, 0.15) is 0 Å². The van der Waals surface area contributed by atoms with Crippen LogP contribution in [0.25, 0.3) is 0 Å². The zero-order valence-electron chi connectivity index (χ0n) is 10.9. The van der Waals surface area contributed by atoms with Crippen molar-refractivity contribution in [3.63, 3.8) is 0 Å². The van der Waals surface area contributed by atoms with Crippen LogP contribution in [-0.4, -0.2) is 47.3 Å². The summed E-state index contributed by atoms with van der Waals surface area (Å²) in [6, 6.07) is 3.37. The Morgan fingerprint density at radius 3 is 2.37 bits per heavy atom. The molecule has 4 N–H and O–H groups in total. The summed E-state index contributed by atoms with van der Waals surface area (Å²) in [6.07, 6.45) is 0. The quantitative estimate of drug-likeness (QED) is 0.682. The molecule has 0 saturated carbocycles. The van der Waals surface area contributed by atoms with Crippen LogP contribution in [0, 0.1) is 6.92 Å². The molecule has 0 saturated heterocycles. The van der Waals surface area contributed by atoms with E-state index in [4.69, 9.17) is 27.5 Å². The van der Waals surface area contributed by atoms with Crippen LogP contribution in [0.3, 0.4) is 0 Å². The van der Waals surface area contributed by atoms with E-state index < -0.39 is 5.91 Å². The molecule has 19 heavy (non-hydrogen) atoms. The molecule has 1 rings (SSSR count). The molecule has 0 atom stereocenters. The maximum atomic E-state index is 11.3. The highest BCUT2D eigenvalue weighted by molar-refractivity contribution is 6.31. The summed E-state index contributed by atoms with van der Waals surface area (Å²) in [4.78, 5) is 13.2. The summed E-state index contributed by atoms with van der Waals surface area (Å²) in [5.41, 5.74) is 7.23. The van der Waals surface area contributed by atoms with Crippen LogP contribution in [0.1, 0.15) is 21.5 Å². The lowest BCUT2D eigenvalue weighted by atomic mass is 10.0. The highest BCUT2D eigenvalue weighted by atomic mass is 35.5. The van der Waals surface area contributed by atoms with E-state index in [9.17, 15) is 4.79 Å². The molecule has 1 aromatic carbocycles. The summed E-state index contributed by atoms with van der Waals surface area (Å²) in [5.74, 6) is -0.494. The van der Waals surface area contributed by atoms with E-state index in [0.717, 1.165) is 11.1 Å². The molecule has 0 aliphatic carbocycles. The number of aliphatic hydroxyl groups is 2. The predicted molar refractivity (Wildman–Crippen MR) is 74.2 cm³/mol. The molecule has 106 valence electrons. The number of rotatable bonds is 7. The molecule has 6 heteroatoms. The van der Waals surface area contributed by atoms with Gasteiger partial charge in [-0.2, -0.15) is 0 Å². The Labute approximate surface area is 117 Å². The molecule has 5 nitrogen and oxygen atoms in total. The first kappa shape index (κ1) is 15.9. The van der Waals surface area contributed by atoms with Gasteiger partial charge in [-0.25, -0.2) is 0 Å². The number of nitrogens with zero attached hydrogens (tertiary/aromatic N) is 1. The lowest BCUT2D eigenvalue weighted by Gasteiger charge is -2.21. The fourth-order valence-electron chi connectivity index (χ4n) is 1.90. The first-order valence-corrected chi connectivity index (χ1v) is 6.40. The highest BCUT2D eigenvalue weighted by Gasteiger charge is 2.13. The van der Waals surface area contributed by atoms with Gasteiger partial charge >= 0.3 is 0 Å². The monoisotopic (exact) mass is 286 g/mol. The number of aryl methyl sites for hydroxylation is 1. The van der Waals surface area contributed by atoms with E-state index >= 15 is 0 Å². The van der Waals surface area contributed by atoms with Gasteiger partial charge < -0.3 is 15.9 Å². The Bertz CT molecular complexity index is 446. The Morgan fingerprint density at radius 2 is 1.89 bits per heavy atom. The zero-order valence-corrected chi connectivity index (χ0v) is 11.7. The molecule has 0 radical (unpaired) electrons.